The Morgan fingerprint density at radius 1 is 0.909 bits per heavy atom. The third kappa shape index (κ3) is 6.54. The minimum absolute atomic E-state index is 0.198. The molecule has 1 aliphatic heterocycles. The highest BCUT2D eigenvalue weighted by Crippen LogP contribution is 2.34. The molecule has 2 aromatic rings. The fraction of sp³-hybridized carbons (Fsp3) is 0.385. The molecule has 0 radical (unpaired) electrons. The zero-order chi connectivity index (χ0) is 23.8. The monoisotopic (exact) mass is 469 g/mol. The summed E-state index contributed by atoms with van der Waals surface area (Å²) in [6.07, 6.45) is 3.73. The predicted octanol–water partition coefficient (Wildman–Crippen LogP) is 6.00. The highest BCUT2D eigenvalue weighted by molar-refractivity contribution is 8.18. The molecule has 1 heterocycles. The molecule has 2 amide bonds. The molecule has 0 spiro atoms. The maximum absolute atomic E-state index is 12.8. The summed E-state index contributed by atoms with van der Waals surface area (Å²) >= 11 is 0.940. The van der Waals surface area contributed by atoms with Crippen molar-refractivity contribution in [3.05, 3.63) is 58.0 Å². The highest BCUT2D eigenvalue weighted by Gasteiger charge is 2.34. The van der Waals surface area contributed by atoms with E-state index in [1.807, 2.05) is 57.2 Å². The summed E-state index contributed by atoms with van der Waals surface area (Å²) in [5.41, 5.74) is 2.89. The maximum Gasteiger partial charge on any atom is 0.293 e. The second-order valence-electron chi connectivity index (χ2n) is 7.79. The summed E-state index contributed by atoms with van der Waals surface area (Å²) in [6.45, 7) is 9.55. The fourth-order valence-corrected chi connectivity index (χ4v) is 4.15. The lowest BCUT2D eigenvalue weighted by molar-refractivity contribution is -0.123. The van der Waals surface area contributed by atoms with Gasteiger partial charge in [0.25, 0.3) is 11.1 Å². The normalized spacial score (nSPS) is 14.8. The van der Waals surface area contributed by atoms with Gasteiger partial charge in [-0.25, -0.2) is 0 Å². The van der Waals surface area contributed by atoms with E-state index in [2.05, 4.69) is 6.92 Å². The van der Waals surface area contributed by atoms with Gasteiger partial charge in [-0.3, -0.25) is 14.5 Å². The minimum Gasteiger partial charge on any atom is -0.491 e. The summed E-state index contributed by atoms with van der Waals surface area (Å²) in [4.78, 5) is 26.9. The third-order valence-corrected chi connectivity index (χ3v) is 6.02. The van der Waals surface area contributed by atoms with Crippen LogP contribution in [0.3, 0.4) is 0 Å². The molecular weight excluding hydrogens is 438 g/mol. The lowest BCUT2D eigenvalue weighted by Crippen LogP contribution is -2.32. The van der Waals surface area contributed by atoms with Crippen LogP contribution in [0.1, 0.15) is 43.4 Å². The van der Waals surface area contributed by atoms with Crippen molar-refractivity contribution in [2.45, 2.75) is 40.5 Å². The maximum atomic E-state index is 12.8. The lowest BCUT2D eigenvalue weighted by Gasteiger charge is -2.14. The van der Waals surface area contributed by atoms with Crippen LogP contribution in [0.4, 0.5) is 4.79 Å². The second kappa shape index (κ2) is 11.8. The van der Waals surface area contributed by atoms with Gasteiger partial charge in [-0.2, -0.15) is 0 Å². The number of hydrogen-bond donors (Lipinski definition) is 0. The zero-order valence-corrected chi connectivity index (χ0v) is 20.5. The van der Waals surface area contributed by atoms with Gasteiger partial charge < -0.3 is 14.2 Å². The van der Waals surface area contributed by atoms with E-state index < -0.39 is 0 Å². The molecule has 176 valence electrons. The zero-order valence-electron chi connectivity index (χ0n) is 19.7. The van der Waals surface area contributed by atoms with Crippen LogP contribution in [0.2, 0.25) is 0 Å². The van der Waals surface area contributed by atoms with Gasteiger partial charge >= 0.3 is 0 Å². The Kier molecular flexibility index (Phi) is 8.83. The van der Waals surface area contributed by atoms with Crippen LogP contribution >= 0.6 is 11.8 Å². The van der Waals surface area contributed by atoms with Crippen molar-refractivity contribution in [3.63, 3.8) is 0 Å². The molecule has 33 heavy (non-hydrogen) atoms. The SMILES string of the molecule is CCCCOc1ccc(/C=C2\SC(=O)N(CCOc3cc(C)ccc3C)C2=O)cc1OCC. The molecule has 0 unspecified atom stereocenters. The lowest BCUT2D eigenvalue weighted by atomic mass is 10.1. The predicted molar refractivity (Wildman–Crippen MR) is 132 cm³/mol. The molecule has 0 aromatic heterocycles. The van der Waals surface area contributed by atoms with Gasteiger partial charge in [0.15, 0.2) is 11.5 Å². The summed E-state index contributed by atoms with van der Waals surface area (Å²) < 4.78 is 17.3. The third-order valence-electron chi connectivity index (χ3n) is 5.11. The van der Waals surface area contributed by atoms with Gasteiger partial charge in [-0.15, -0.1) is 0 Å². The number of imide groups is 1. The van der Waals surface area contributed by atoms with Crippen LogP contribution in [0.15, 0.2) is 41.3 Å². The van der Waals surface area contributed by atoms with Gasteiger partial charge in [0.2, 0.25) is 0 Å². The van der Waals surface area contributed by atoms with E-state index in [1.165, 1.54) is 4.90 Å². The van der Waals surface area contributed by atoms with Crippen LogP contribution in [-0.2, 0) is 4.79 Å². The van der Waals surface area contributed by atoms with E-state index >= 15 is 0 Å². The number of unbranched alkanes of at least 4 members (excludes halogenated alkanes) is 1. The molecule has 0 saturated carbocycles. The van der Waals surface area contributed by atoms with Crippen LogP contribution in [0, 0.1) is 13.8 Å². The first-order chi connectivity index (χ1) is 15.9. The quantitative estimate of drug-likeness (QED) is 0.297. The summed E-state index contributed by atoms with van der Waals surface area (Å²) in [5.74, 6) is 1.76. The highest BCUT2D eigenvalue weighted by atomic mass is 32.2. The number of hydrogen-bond acceptors (Lipinski definition) is 6. The molecule has 1 saturated heterocycles. The van der Waals surface area contributed by atoms with Gasteiger partial charge in [0.05, 0.1) is 24.7 Å². The van der Waals surface area contributed by atoms with Gasteiger partial charge in [0, 0.05) is 0 Å². The summed E-state index contributed by atoms with van der Waals surface area (Å²) in [6, 6.07) is 11.5. The van der Waals surface area contributed by atoms with Crippen molar-refractivity contribution in [2.24, 2.45) is 0 Å². The van der Waals surface area contributed by atoms with Crippen molar-refractivity contribution >= 4 is 29.0 Å². The van der Waals surface area contributed by atoms with E-state index in [1.54, 1.807) is 6.08 Å². The first kappa shape index (κ1) is 24.7. The first-order valence-electron chi connectivity index (χ1n) is 11.3. The van der Waals surface area contributed by atoms with Crippen molar-refractivity contribution in [1.29, 1.82) is 0 Å². The average molecular weight is 470 g/mol. The van der Waals surface area contributed by atoms with Gasteiger partial charge in [0.1, 0.15) is 12.4 Å². The summed E-state index contributed by atoms with van der Waals surface area (Å²) in [7, 11) is 0. The number of nitrogens with zero attached hydrogens (tertiary/aromatic N) is 1. The molecule has 7 heteroatoms. The number of rotatable bonds is 11. The Hall–Kier alpha value is -2.93. The Morgan fingerprint density at radius 3 is 2.45 bits per heavy atom. The van der Waals surface area contributed by atoms with E-state index in [4.69, 9.17) is 14.2 Å². The van der Waals surface area contributed by atoms with Crippen LogP contribution in [-0.4, -0.2) is 42.4 Å². The molecular formula is C26H31NO5S. The topological polar surface area (TPSA) is 65.1 Å². The second-order valence-corrected chi connectivity index (χ2v) is 8.79. The number of carbonyl (C=O) groups excluding carboxylic acids is 2. The van der Waals surface area contributed by atoms with Crippen molar-refractivity contribution in [2.75, 3.05) is 26.4 Å². The molecule has 0 aliphatic carbocycles. The van der Waals surface area contributed by atoms with E-state index in [-0.39, 0.29) is 24.3 Å². The van der Waals surface area contributed by atoms with Crippen molar-refractivity contribution < 1.29 is 23.8 Å². The van der Waals surface area contributed by atoms with Crippen LogP contribution < -0.4 is 14.2 Å². The fourth-order valence-electron chi connectivity index (χ4n) is 3.28. The number of amides is 2. The average Bonchev–Trinajstić information content (AvgIpc) is 3.05. The molecule has 0 atom stereocenters. The smallest absolute Gasteiger partial charge is 0.293 e. The number of aryl methyl sites for hydroxylation is 2. The first-order valence-corrected chi connectivity index (χ1v) is 12.1. The van der Waals surface area contributed by atoms with E-state index in [0.29, 0.717) is 29.6 Å². The Morgan fingerprint density at radius 2 is 1.70 bits per heavy atom. The number of thioether (sulfide) groups is 1. The number of benzene rings is 2. The van der Waals surface area contributed by atoms with Crippen molar-refractivity contribution in [1.82, 2.24) is 4.90 Å². The van der Waals surface area contributed by atoms with Crippen LogP contribution in [0.25, 0.3) is 6.08 Å². The molecule has 1 fully saturated rings. The van der Waals surface area contributed by atoms with Crippen molar-refractivity contribution in [3.8, 4) is 17.2 Å². The molecule has 0 bridgehead atoms. The van der Waals surface area contributed by atoms with E-state index in [0.717, 1.165) is 47.0 Å². The van der Waals surface area contributed by atoms with E-state index in [9.17, 15) is 9.59 Å². The Bertz CT molecular complexity index is 1030. The minimum atomic E-state index is -0.309. The van der Waals surface area contributed by atoms with Crippen LogP contribution in [0.5, 0.6) is 17.2 Å². The Balaban J connectivity index is 1.66. The molecule has 3 rings (SSSR count). The summed E-state index contributed by atoms with van der Waals surface area (Å²) in [5, 5.41) is -0.291. The largest absolute Gasteiger partial charge is 0.491 e. The van der Waals surface area contributed by atoms with Gasteiger partial charge in [-0.05, 0) is 79.9 Å². The number of ether oxygens (including phenoxy) is 3. The standard InChI is InChI=1S/C26H31NO5S/c1-5-7-13-31-21-11-10-20(16-23(21)30-6-2)17-24-25(28)27(26(29)33-24)12-14-32-22-15-18(3)8-9-19(22)4/h8-11,15-17H,5-7,12-14H2,1-4H3/b24-17-. The molecule has 0 N–H and O–H groups in total. The van der Waals surface area contributed by atoms with Gasteiger partial charge in [-0.1, -0.05) is 31.5 Å². The molecule has 1 aliphatic rings. The molecule has 2 aromatic carbocycles. The number of carbonyl (C=O) groups is 2. The molecule has 6 nitrogen and oxygen atoms in total. The Labute approximate surface area is 199 Å².